The van der Waals surface area contributed by atoms with Crippen LogP contribution in [0.1, 0.15) is 23.0 Å². The number of esters is 1. The minimum atomic E-state index is -0.230. The topological polar surface area (TPSA) is 43.7 Å². The third-order valence-electron chi connectivity index (χ3n) is 3.39. The molecule has 0 atom stereocenters. The van der Waals surface area contributed by atoms with E-state index in [1.165, 1.54) is 0 Å². The quantitative estimate of drug-likeness (QED) is 0.754. The van der Waals surface area contributed by atoms with E-state index >= 15 is 0 Å². The molecular weight excluding hydrogens is 244 g/mol. The third kappa shape index (κ3) is 3.58. The van der Waals surface area contributed by atoms with Crippen molar-refractivity contribution in [1.82, 2.24) is 9.47 Å². The smallest absolute Gasteiger partial charge is 0.355 e. The van der Waals surface area contributed by atoms with Crippen molar-refractivity contribution in [2.45, 2.75) is 20.4 Å². The molecule has 1 saturated heterocycles. The Kier molecular flexibility index (Phi) is 4.99. The number of aryl methyl sites for hydroxylation is 1. The summed E-state index contributed by atoms with van der Waals surface area (Å²) in [7, 11) is 0. The molecule has 1 aliphatic rings. The Morgan fingerprint density at radius 2 is 2.11 bits per heavy atom. The van der Waals surface area contributed by atoms with Crippen molar-refractivity contribution in [2.75, 3.05) is 39.5 Å². The van der Waals surface area contributed by atoms with Crippen LogP contribution in [0.15, 0.2) is 12.3 Å². The number of ether oxygens (including phenoxy) is 2. The van der Waals surface area contributed by atoms with Crippen molar-refractivity contribution in [2.24, 2.45) is 0 Å². The van der Waals surface area contributed by atoms with Crippen molar-refractivity contribution >= 4 is 5.97 Å². The molecule has 0 bridgehead atoms. The molecule has 0 aliphatic carbocycles. The van der Waals surface area contributed by atoms with Gasteiger partial charge in [-0.1, -0.05) is 0 Å². The largest absolute Gasteiger partial charge is 0.461 e. The van der Waals surface area contributed by atoms with Crippen LogP contribution in [0.4, 0.5) is 0 Å². The van der Waals surface area contributed by atoms with Crippen molar-refractivity contribution < 1.29 is 14.3 Å². The second kappa shape index (κ2) is 6.73. The number of hydrogen-bond acceptors (Lipinski definition) is 4. The van der Waals surface area contributed by atoms with Crippen LogP contribution >= 0.6 is 0 Å². The Bertz CT molecular complexity index is 422. The Labute approximate surface area is 114 Å². The number of aromatic nitrogens is 1. The molecule has 0 radical (unpaired) electrons. The van der Waals surface area contributed by atoms with Crippen LogP contribution in [0, 0.1) is 6.92 Å². The summed E-state index contributed by atoms with van der Waals surface area (Å²) in [5.41, 5.74) is 1.65. The fourth-order valence-electron chi connectivity index (χ4n) is 2.32. The first kappa shape index (κ1) is 14.1. The second-order valence-electron chi connectivity index (χ2n) is 4.72. The first-order chi connectivity index (χ1) is 9.22. The first-order valence-electron chi connectivity index (χ1n) is 6.85. The van der Waals surface area contributed by atoms with Gasteiger partial charge in [-0.25, -0.2) is 4.79 Å². The zero-order valence-electron chi connectivity index (χ0n) is 11.7. The molecule has 0 aromatic carbocycles. The molecule has 19 heavy (non-hydrogen) atoms. The number of hydrogen-bond donors (Lipinski definition) is 0. The Balaban J connectivity index is 1.97. The lowest BCUT2D eigenvalue weighted by molar-refractivity contribution is 0.0357. The van der Waals surface area contributed by atoms with Crippen LogP contribution in [0.2, 0.25) is 0 Å². The van der Waals surface area contributed by atoms with Gasteiger partial charge < -0.3 is 14.0 Å². The molecule has 2 heterocycles. The summed E-state index contributed by atoms with van der Waals surface area (Å²) in [6, 6.07) is 1.96. The average Bonchev–Trinajstić information content (AvgIpc) is 2.79. The SMILES string of the molecule is CCOC(=O)c1c(C)ccn1CCN1CCOCC1. The Morgan fingerprint density at radius 1 is 1.37 bits per heavy atom. The molecule has 2 rings (SSSR count). The molecule has 1 fully saturated rings. The number of carbonyl (C=O) groups is 1. The van der Waals surface area contributed by atoms with Gasteiger partial charge in [0.2, 0.25) is 0 Å². The summed E-state index contributed by atoms with van der Waals surface area (Å²) in [5.74, 6) is -0.230. The number of morpholine rings is 1. The van der Waals surface area contributed by atoms with Crippen LogP contribution in [0.3, 0.4) is 0 Å². The van der Waals surface area contributed by atoms with Gasteiger partial charge in [0.1, 0.15) is 5.69 Å². The number of carbonyl (C=O) groups excluding carboxylic acids is 1. The van der Waals surface area contributed by atoms with E-state index in [4.69, 9.17) is 9.47 Å². The van der Waals surface area contributed by atoms with Gasteiger partial charge in [-0.2, -0.15) is 0 Å². The molecule has 0 spiro atoms. The number of nitrogens with zero attached hydrogens (tertiary/aromatic N) is 2. The highest BCUT2D eigenvalue weighted by atomic mass is 16.5. The lowest BCUT2D eigenvalue weighted by atomic mass is 10.3. The third-order valence-corrected chi connectivity index (χ3v) is 3.39. The molecule has 5 heteroatoms. The van der Waals surface area contributed by atoms with Crippen molar-refractivity contribution in [3.63, 3.8) is 0 Å². The zero-order chi connectivity index (χ0) is 13.7. The maximum atomic E-state index is 11.9. The standard InChI is InChI=1S/C14H22N2O3/c1-3-19-14(17)13-12(2)4-5-16(13)7-6-15-8-10-18-11-9-15/h4-5H,3,6-11H2,1-2H3. The molecule has 0 N–H and O–H groups in total. The lowest BCUT2D eigenvalue weighted by Crippen LogP contribution is -2.38. The van der Waals surface area contributed by atoms with Crippen LogP contribution in [0.25, 0.3) is 0 Å². The molecular formula is C14H22N2O3. The van der Waals surface area contributed by atoms with Gasteiger partial charge in [-0.15, -0.1) is 0 Å². The van der Waals surface area contributed by atoms with Gasteiger partial charge in [0, 0.05) is 32.4 Å². The predicted octanol–water partition coefficient (Wildman–Crippen LogP) is 1.31. The van der Waals surface area contributed by atoms with E-state index in [9.17, 15) is 4.79 Å². The van der Waals surface area contributed by atoms with Gasteiger partial charge in [0.05, 0.1) is 19.8 Å². The van der Waals surface area contributed by atoms with Crippen LogP contribution in [-0.4, -0.2) is 54.9 Å². The van der Waals surface area contributed by atoms with Gasteiger partial charge in [0.25, 0.3) is 0 Å². The highest BCUT2D eigenvalue weighted by Gasteiger charge is 2.17. The summed E-state index contributed by atoms with van der Waals surface area (Å²) in [6.07, 6.45) is 1.96. The Morgan fingerprint density at radius 3 is 2.79 bits per heavy atom. The zero-order valence-corrected chi connectivity index (χ0v) is 11.7. The van der Waals surface area contributed by atoms with E-state index in [0.29, 0.717) is 12.3 Å². The summed E-state index contributed by atoms with van der Waals surface area (Å²) >= 11 is 0. The normalized spacial score (nSPS) is 16.5. The highest BCUT2D eigenvalue weighted by molar-refractivity contribution is 5.89. The lowest BCUT2D eigenvalue weighted by Gasteiger charge is -2.26. The van der Waals surface area contributed by atoms with E-state index in [1.54, 1.807) is 0 Å². The van der Waals surface area contributed by atoms with Gasteiger partial charge in [-0.05, 0) is 25.5 Å². The van der Waals surface area contributed by atoms with E-state index in [-0.39, 0.29) is 5.97 Å². The van der Waals surface area contributed by atoms with Crippen molar-refractivity contribution in [3.8, 4) is 0 Å². The van der Waals surface area contributed by atoms with E-state index < -0.39 is 0 Å². The molecule has 0 saturated carbocycles. The van der Waals surface area contributed by atoms with Gasteiger partial charge in [0.15, 0.2) is 0 Å². The minimum absolute atomic E-state index is 0.230. The molecule has 5 nitrogen and oxygen atoms in total. The molecule has 1 aromatic heterocycles. The predicted molar refractivity (Wildman–Crippen MR) is 72.4 cm³/mol. The van der Waals surface area contributed by atoms with E-state index in [2.05, 4.69) is 4.90 Å². The maximum absolute atomic E-state index is 11.9. The maximum Gasteiger partial charge on any atom is 0.355 e. The van der Waals surface area contributed by atoms with Crippen LogP contribution in [0.5, 0.6) is 0 Å². The molecule has 1 aromatic rings. The van der Waals surface area contributed by atoms with Gasteiger partial charge >= 0.3 is 5.97 Å². The summed E-state index contributed by atoms with van der Waals surface area (Å²) in [4.78, 5) is 14.3. The van der Waals surface area contributed by atoms with Crippen molar-refractivity contribution in [1.29, 1.82) is 0 Å². The fourth-order valence-corrected chi connectivity index (χ4v) is 2.32. The van der Waals surface area contributed by atoms with E-state index in [0.717, 1.165) is 45.0 Å². The summed E-state index contributed by atoms with van der Waals surface area (Å²) in [5, 5.41) is 0. The molecule has 106 valence electrons. The monoisotopic (exact) mass is 266 g/mol. The Hall–Kier alpha value is -1.33. The fraction of sp³-hybridized carbons (Fsp3) is 0.643. The minimum Gasteiger partial charge on any atom is -0.461 e. The second-order valence-corrected chi connectivity index (χ2v) is 4.72. The highest BCUT2D eigenvalue weighted by Crippen LogP contribution is 2.12. The van der Waals surface area contributed by atoms with E-state index in [1.807, 2.05) is 30.7 Å². The molecule has 0 amide bonds. The molecule has 1 aliphatic heterocycles. The number of rotatable bonds is 5. The first-order valence-corrected chi connectivity index (χ1v) is 6.85. The van der Waals surface area contributed by atoms with Crippen LogP contribution in [-0.2, 0) is 16.0 Å². The van der Waals surface area contributed by atoms with Gasteiger partial charge in [-0.3, -0.25) is 4.90 Å². The molecule has 0 unspecified atom stereocenters. The average molecular weight is 266 g/mol. The van der Waals surface area contributed by atoms with Crippen LogP contribution < -0.4 is 0 Å². The van der Waals surface area contributed by atoms with Crippen molar-refractivity contribution in [3.05, 3.63) is 23.5 Å². The summed E-state index contributed by atoms with van der Waals surface area (Å²) < 4.78 is 12.4. The summed E-state index contributed by atoms with van der Waals surface area (Å²) in [6.45, 7) is 9.46.